The summed E-state index contributed by atoms with van der Waals surface area (Å²) in [6.45, 7) is 11.3. The summed E-state index contributed by atoms with van der Waals surface area (Å²) in [5.74, 6) is 0.871. The fraction of sp³-hybridized carbons (Fsp3) is 0.244. The molecule has 2 aliphatic rings. The maximum absolute atomic E-state index is 7.60. The van der Waals surface area contributed by atoms with E-state index in [0.29, 0.717) is 5.02 Å². The van der Waals surface area contributed by atoms with E-state index in [0.717, 1.165) is 39.0 Å². The number of nitrogens with zero attached hydrogens (tertiary/aromatic N) is 1. The maximum Gasteiger partial charge on any atom is 0.626 e. The van der Waals surface area contributed by atoms with Gasteiger partial charge in [-0.1, -0.05) is 168 Å². The van der Waals surface area contributed by atoms with Crippen LogP contribution in [0.1, 0.15) is 81.0 Å². The number of halogens is 1. The highest BCUT2D eigenvalue weighted by molar-refractivity contribution is 6.76. The minimum Gasteiger partial charge on any atom is -0.629 e. The molecule has 0 spiro atoms. The summed E-state index contributed by atoms with van der Waals surface area (Å²) in [6.07, 6.45) is 1.90. The minimum absolute atomic E-state index is 0.0528. The van der Waals surface area contributed by atoms with Crippen LogP contribution in [0, 0.1) is 0 Å². The average molecular weight is 626 g/mol. The first kappa shape index (κ1) is 30.5. The van der Waals surface area contributed by atoms with Gasteiger partial charge in [-0.15, -0.1) is 0 Å². The molecule has 2 atom stereocenters. The molecule has 0 N–H and O–H groups in total. The lowest BCUT2D eigenvalue weighted by molar-refractivity contribution is -0.489. The summed E-state index contributed by atoms with van der Waals surface area (Å²) >= 11 is 6.49. The first-order chi connectivity index (χ1) is 21.9. The van der Waals surface area contributed by atoms with Crippen LogP contribution in [0.2, 0.25) is 5.02 Å². The van der Waals surface area contributed by atoms with Crippen molar-refractivity contribution in [2.45, 2.75) is 64.0 Å². The largest absolute Gasteiger partial charge is 0.629 e. The van der Waals surface area contributed by atoms with Crippen molar-refractivity contribution in [3.63, 3.8) is 0 Å². The van der Waals surface area contributed by atoms with Crippen LogP contribution in [-0.4, -0.2) is 17.4 Å². The lowest BCUT2D eigenvalue weighted by Gasteiger charge is -2.42. The molecule has 7 rings (SSSR count). The molecule has 3 nitrogen and oxygen atoms in total. The van der Waals surface area contributed by atoms with E-state index in [-0.39, 0.29) is 10.8 Å². The molecule has 0 saturated carbocycles. The topological polar surface area (TPSA) is 21.5 Å². The molecule has 0 aliphatic carbocycles. The SMILES string of the molecule is CC(C)(C)c1cc2c(c(C(C)(C)C)c1)O[B-]1(c3ccc(Cl)cc3)O[C@H](c3ccccc3)C(c3ccccc3)(c3ccccc3)[N+]1=C2. The normalized spacial score (nSPS) is 20.3. The third-order valence-electron chi connectivity index (χ3n) is 9.64. The number of rotatable bonds is 4. The summed E-state index contributed by atoms with van der Waals surface area (Å²) < 4.78 is 17.5. The van der Waals surface area contributed by atoms with Gasteiger partial charge in [-0.2, -0.15) is 0 Å². The Morgan fingerprint density at radius 3 is 1.74 bits per heavy atom. The third-order valence-corrected chi connectivity index (χ3v) is 9.89. The number of benzene rings is 5. The second-order valence-electron chi connectivity index (χ2n) is 14.7. The van der Waals surface area contributed by atoms with Crippen LogP contribution < -0.4 is 10.1 Å². The zero-order valence-electron chi connectivity index (χ0n) is 27.5. The first-order valence-electron chi connectivity index (χ1n) is 16.2. The molecule has 5 aromatic rings. The molecule has 5 aromatic carbocycles. The molecule has 0 bridgehead atoms. The summed E-state index contributed by atoms with van der Waals surface area (Å²) in [7, 11) is 0. The number of fused-ring (bicyclic) bond motifs is 2. The van der Waals surface area contributed by atoms with Gasteiger partial charge in [0.2, 0.25) is 0 Å². The van der Waals surface area contributed by atoms with E-state index < -0.39 is 18.3 Å². The molecular weight excluding hydrogens is 585 g/mol. The number of hydrogen-bond donors (Lipinski definition) is 0. The van der Waals surface area contributed by atoms with Crippen LogP contribution in [-0.2, 0) is 21.0 Å². The summed E-state index contributed by atoms with van der Waals surface area (Å²) in [6, 6.07) is 44.7. The summed E-state index contributed by atoms with van der Waals surface area (Å²) in [5, 5.41) is 0.669. The van der Waals surface area contributed by atoms with E-state index >= 15 is 0 Å². The van der Waals surface area contributed by atoms with Crippen molar-refractivity contribution in [3.8, 4) is 5.75 Å². The van der Waals surface area contributed by atoms with Crippen LogP contribution in [0.4, 0.5) is 0 Å². The van der Waals surface area contributed by atoms with E-state index in [4.69, 9.17) is 20.9 Å². The van der Waals surface area contributed by atoms with Crippen molar-refractivity contribution < 1.29 is 13.8 Å². The van der Waals surface area contributed by atoms with E-state index in [1.54, 1.807) is 0 Å². The van der Waals surface area contributed by atoms with Gasteiger partial charge in [0, 0.05) is 16.1 Å². The lowest BCUT2D eigenvalue weighted by atomic mass is 9.60. The van der Waals surface area contributed by atoms with Crippen molar-refractivity contribution in [1.29, 1.82) is 0 Å². The second-order valence-corrected chi connectivity index (χ2v) is 15.2. The highest BCUT2D eigenvalue weighted by atomic mass is 35.5. The van der Waals surface area contributed by atoms with E-state index in [2.05, 4.69) is 168 Å². The van der Waals surface area contributed by atoms with Gasteiger partial charge in [-0.25, -0.2) is 0 Å². The van der Waals surface area contributed by atoms with E-state index in [1.807, 2.05) is 12.1 Å². The fourth-order valence-electron chi connectivity index (χ4n) is 7.33. The molecule has 0 radical (unpaired) electrons. The Labute approximate surface area is 278 Å². The Kier molecular flexibility index (Phi) is 7.30. The van der Waals surface area contributed by atoms with Crippen LogP contribution in [0.15, 0.2) is 127 Å². The molecule has 2 aliphatic heterocycles. The first-order valence-corrected chi connectivity index (χ1v) is 16.6. The molecule has 0 aromatic heterocycles. The molecule has 1 saturated heterocycles. The van der Waals surface area contributed by atoms with E-state index in [9.17, 15) is 0 Å². The molecule has 232 valence electrons. The highest BCUT2D eigenvalue weighted by Crippen LogP contribution is 2.56. The monoisotopic (exact) mass is 625 g/mol. The van der Waals surface area contributed by atoms with Gasteiger partial charge in [-0.3, -0.25) is 0 Å². The molecule has 46 heavy (non-hydrogen) atoms. The van der Waals surface area contributed by atoms with Crippen molar-refractivity contribution in [2.24, 2.45) is 0 Å². The summed E-state index contributed by atoms with van der Waals surface area (Å²) in [4.78, 5) is 0. The maximum atomic E-state index is 7.60. The van der Waals surface area contributed by atoms with Gasteiger partial charge in [0.25, 0.3) is 0 Å². The van der Waals surface area contributed by atoms with Crippen molar-refractivity contribution in [2.75, 3.05) is 0 Å². The molecule has 0 amide bonds. The second kappa shape index (κ2) is 11.0. The summed E-state index contributed by atoms with van der Waals surface area (Å²) in [5.41, 5.74) is 6.74. The molecule has 1 unspecified atom stereocenters. The van der Waals surface area contributed by atoms with Crippen LogP contribution in [0.5, 0.6) is 5.75 Å². The highest BCUT2D eigenvalue weighted by Gasteiger charge is 2.69. The van der Waals surface area contributed by atoms with Gasteiger partial charge in [0.15, 0.2) is 5.54 Å². The zero-order chi connectivity index (χ0) is 32.3. The molecule has 5 heteroatoms. The van der Waals surface area contributed by atoms with Gasteiger partial charge in [-0.05, 0) is 45.7 Å². The van der Waals surface area contributed by atoms with Crippen molar-refractivity contribution in [3.05, 3.63) is 166 Å². The van der Waals surface area contributed by atoms with Gasteiger partial charge in [0.05, 0.1) is 11.3 Å². The Bertz CT molecular complexity index is 1870. The van der Waals surface area contributed by atoms with Crippen molar-refractivity contribution in [1.82, 2.24) is 0 Å². The van der Waals surface area contributed by atoms with Gasteiger partial charge in [0.1, 0.15) is 12.3 Å². The molecule has 2 heterocycles. The number of hydrogen-bond acceptors (Lipinski definition) is 2. The van der Waals surface area contributed by atoms with Gasteiger partial charge < -0.3 is 13.8 Å². The Morgan fingerprint density at radius 1 is 0.674 bits per heavy atom. The van der Waals surface area contributed by atoms with Crippen LogP contribution in [0.3, 0.4) is 0 Å². The van der Waals surface area contributed by atoms with Crippen LogP contribution in [0.25, 0.3) is 0 Å². The van der Waals surface area contributed by atoms with Gasteiger partial charge >= 0.3 is 6.69 Å². The van der Waals surface area contributed by atoms with Crippen LogP contribution >= 0.6 is 11.6 Å². The lowest BCUT2D eigenvalue weighted by Crippen LogP contribution is -2.66. The molecule has 1 fully saturated rings. The van der Waals surface area contributed by atoms with Crippen molar-refractivity contribution >= 4 is 30.0 Å². The quantitative estimate of drug-likeness (QED) is 0.186. The Morgan fingerprint density at radius 2 is 1.22 bits per heavy atom. The Balaban J connectivity index is 1.66. The fourth-order valence-corrected chi connectivity index (χ4v) is 7.45. The third kappa shape index (κ3) is 4.82. The average Bonchev–Trinajstić information content (AvgIpc) is 3.35. The predicted octanol–water partition coefficient (Wildman–Crippen LogP) is 9.32. The Hall–Kier alpha value is -4.12. The van der Waals surface area contributed by atoms with E-state index in [1.165, 1.54) is 5.56 Å². The zero-order valence-corrected chi connectivity index (χ0v) is 28.3. The smallest absolute Gasteiger partial charge is 0.626 e. The standard InChI is InChI=1S/C41H41BClNO2/c1-39(2,3)33-26-30-28-44-41(31-18-12-8-13-19-31,32-20-14-9-15-21-32)38(29-16-10-7-11-17-29)46-42(44,34-22-24-35(43)25-23-34)45-37(30)36(27-33)40(4,5)6/h7-28,38H,1-6H3/t38-,42?/m1/s1. The predicted molar refractivity (Wildman–Crippen MR) is 191 cm³/mol. The molecular formula is C41H41BClNO2. The minimum atomic E-state index is -2.30.